The third kappa shape index (κ3) is 4.26. The number of methoxy groups -OCH3 is 1. The number of carbonyl (C=O) groups is 1. The van der Waals surface area contributed by atoms with Crippen molar-refractivity contribution in [3.8, 4) is 11.5 Å². The van der Waals surface area contributed by atoms with Crippen LogP contribution in [0.4, 0.5) is 0 Å². The van der Waals surface area contributed by atoms with Crippen LogP contribution in [0.3, 0.4) is 0 Å². The van der Waals surface area contributed by atoms with Crippen LogP contribution in [0.15, 0.2) is 59.2 Å². The molecule has 2 aromatic rings. The molecule has 6 heteroatoms. The van der Waals surface area contributed by atoms with Gasteiger partial charge in [-0.15, -0.1) is 0 Å². The number of aryl methyl sites for hydroxylation is 1. The number of ether oxygens (including phenoxy) is 3. The molecule has 0 fully saturated rings. The maximum absolute atomic E-state index is 12.3. The lowest BCUT2D eigenvalue weighted by molar-refractivity contribution is -0.129. The predicted molar refractivity (Wildman–Crippen MR) is 110 cm³/mol. The van der Waals surface area contributed by atoms with Crippen LogP contribution in [0.1, 0.15) is 23.6 Å². The zero-order chi connectivity index (χ0) is 20.3. The number of hydrogen-bond acceptors (Lipinski definition) is 5. The highest BCUT2D eigenvalue weighted by Crippen LogP contribution is 2.37. The first-order valence-corrected chi connectivity index (χ1v) is 9.00. The van der Waals surface area contributed by atoms with Crippen molar-refractivity contribution < 1.29 is 19.0 Å². The van der Waals surface area contributed by atoms with Gasteiger partial charge >= 0.3 is 5.97 Å². The Hall–Kier alpha value is -3.05. The second-order valence-corrected chi connectivity index (χ2v) is 6.84. The van der Waals surface area contributed by atoms with Gasteiger partial charge in [-0.2, -0.15) is 0 Å². The molecular weight excluding hydrogens is 378 g/mol. The molecule has 0 aromatic heterocycles. The summed E-state index contributed by atoms with van der Waals surface area (Å²) in [4.78, 5) is 16.6. The van der Waals surface area contributed by atoms with E-state index in [0.29, 0.717) is 28.7 Å². The smallest absolute Gasteiger partial charge is 0.363 e. The fourth-order valence-electron chi connectivity index (χ4n) is 2.65. The minimum atomic E-state index is -0.518. The molecule has 144 valence electrons. The van der Waals surface area contributed by atoms with Crippen LogP contribution < -0.4 is 9.47 Å². The number of benzene rings is 2. The van der Waals surface area contributed by atoms with E-state index in [1.165, 1.54) is 7.11 Å². The third-order valence-electron chi connectivity index (χ3n) is 4.01. The van der Waals surface area contributed by atoms with Crippen molar-refractivity contribution >= 4 is 29.5 Å². The van der Waals surface area contributed by atoms with Crippen molar-refractivity contribution in [2.45, 2.75) is 13.8 Å². The quantitative estimate of drug-likeness (QED) is 0.393. The van der Waals surface area contributed by atoms with E-state index in [9.17, 15) is 4.79 Å². The van der Waals surface area contributed by atoms with Gasteiger partial charge in [0.25, 0.3) is 0 Å². The van der Waals surface area contributed by atoms with E-state index in [1.807, 2.05) is 38.1 Å². The van der Waals surface area contributed by atoms with Gasteiger partial charge in [0, 0.05) is 5.56 Å². The molecule has 2 aromatic carbocycles. The Morgan fingerprint density at radius 3 is 2.75 bits per heavy atom. The molecule has 0 aliphatic carbocycles. The first-order chi connectivity index (χ1) is 13.4. The Morgan fingerprint density at radius 1 is 1.32 bits per heavy atom. The zero-order valence-corrected chi connectivity index (χ0v) is 16.7. The maximum atomic E-state index is 12.3. The Kier molecular flexibility index (Phi) is 5.85. The van der Waals surface area contributed by atoms with Crippen LogP contribution >= 0.6 is 11.6 Å². The molecule has 0 saturated heterocycles. The second kappa shape index (κ2) is 8.31. The van der Waals surface area contributed by atoms with E-state index >= 15 is 0 Å². The van der Waals surface area contributed by atoms with Crippen LogP contribution in [0, 0.1) is 6.92 Å². The Morgan fingerprint density at radius 2 is 2.07 bits per heavy atom. The molecule has 0 radical (unpaired) electrons. The highest BCUT2D eigenvalue weighted by Gasteiger charge is 2.25. The van der Waals surface area contributed by atoms with E-state index in [2.05, 4.69) is 11.6 Å². The van der Waals surface area contributed by atoms with Crippen molar-refractivity contribution in [3.63, 3.8) is 0 Å². The highest BCUT2D eigenvalue weighted by molar-refractivity contribution is 6.32. The molecule has 0 amide bonds. The van der Waals surface area contributed by atoms with Crippen LogP contribution in [-0.4, -0.2) is 25.6 Å². The van der Waals surface area contributed by atoms with Crippen molar-refractivity contribution in [1.29, 1.82) is 0 Å². The number of carbonyl (C=O) groups excluding carboxylic acids is 1. The molecular formula is C22H20ClNO4. The summed E-state index contributed by atoms with van der Waals surface area (Å²) in [5.41, 5.74) is 3.44. The first-order valence-electron chi connectivity index (χ1n) is 8.62. The minimum Gasteiger partial charge on any atom is -0.493 e. The van der Waals surface area contributed by atoms with Gasteiger partial charge in [0.1, 0.15) is 6.61 Å². The van der Waals surface area contributed by atoms with Gasteiger partial charge in [0.05, 0.1) is 12.1 Å². The van der Waals surface area contributed by atoms with Crippen molar-refractivity contribution in [3.05, 3.63) is 76.0 Å². The number of aliphatic imine (C=N–C) groups is 1. The Balaban J connectivity index is 1.94. The van der Waals surface area contributed by atoms with Gasteiger partial charge in [-0.25, -0.2) is 9.79 Å². The summed E-state index contributed by atoms with van der Waals surface area (Å²) in [7, 11) is 1.52. The Bertz CT molecular complexity index is 1010. The van der Waals surface area contributed by atoms with Gasteiger partial charge in [0.15, 0.2) is 17.2 Å². The van der Waals surface area contributed by atoms with E-state index in [4.69, 9.17) is 25.8 Å². The van der Waals surface area contributed by atoms with Gasteiger partial charge in [-0.05, 0) is 54.8 Å². The SMILES string of the molecule is C=C(C)COc1c(Cl)cc(/C=C2\N=C(c3ccccc3C)OC2=O)cc1OC. The van der Waals surface area contributed by atoms with Crippen LogP contribution in [0.25, 0.3) is 6.08 Å². The van der Waals surface area contributed by atoms with Gasteiger partial charge in [0.2, 0.25) is 5.90 Å². The topological polar surface area (TPSA) is 57.1 Å². The Labute approximate surface area is 168 Å². The molecule has 1 aliphatic rings. The molecule has 0 atom stereocenters. The summed E-state index contributed by atoms with van der Waals surface area (Å²) >= 11 is 6.35. The number of rotatable bonds is 6. The molecule has 1 aliphatic heterocycles. The molecule has 5 nitrogen and oxygen atoms in total. The van der Waals surface area contributed by atoms with Gasteiger partial charge < -0.3 is 14.2 Å². The molecule has 0 spiro atoms. The molecule has 0 bridgehead atoms. The van der Waals surface area contributed by atoms with E-state index < -0.39 is 5.97 Å². The van der Waals surface area contributed by atoms with Crippen LogP contribution in [0.2, 0.25) is 5.02 Å². The molecule has 3 rings (SSSR count). The fraction of sp³-hybridized carbons (Fsp3) is 0.182. The molecule has 1 heterocycles. The summed E-state index contributed by atoms with van der Waals surface area (Å²) in [6.07, 6.45) is 1.60. The summed E-state index contributed by atoms with van der Waals surface area (Å²) in [6.45, 7) is 7.92. The largest absolute Gasteiger partial charge is 0.493 e. The predicted octanol–water partition coefficient (Wildman–Crippen LogP) is 4.96. The average molecular weight is 398 g/mol. The monoisotopic (exact) mass is 397 g/mol. The van der Waals surface area contributed by atoms with E-state index in [0.717, 1.165) is 16.7 Å². The normalized spacial score (nSPS) is 14.6. The summed E-state index contributed by atoms with van der Waals surface area (Å²) in [5, 5.41) is 0.363. The number of hydrogen-bond donors (Lipinski definition) is 0. The summed E-state index contributed by atoms with van der Waals surface area (Å²) in [6, 6.07) is 11.0. The van der Waals surface area contributed by atoms with Gasteiger partial charge in [-0.3, -0.25) is 0 Å². The second-order valence-electron chi connectivity index (χ2n) is 6.43. The molecule has 0 N–H and O–H groups in total. The van der Waals surface area contributed by atoms with Crippen molar-refractivity contribution in [1.82, 2.24) is 0 Å². The minimum absolute atomic E-state index is 0.187. The van der Waals surface area contributed by atoms with E-state index in [1.54, 1.807) is 18.2 Å². The molecule has 0 unspecified atom stereocenters. The maximum Gasteiger partial charge on any atom is 0.363 e. The first kappa shape index (κ1) is 19.7. The number of cyclic esters (lactones) is 1. The van der Waals surface area contributed by atoms with Crippen LogP contribution in [0.5, 0.6) is 11.5 Å². The lowest BCUT2D eigenvalue weighted by atomic mass is 10.1. The highest BCUT2D eigenvalue weighted by atomic mass is 35.5. The lowest BCUT2D eigenvalue weighted by Gasteiger charge is -2.13. The van der Waals surface area contributed by atoms with Crippen molar-refractivity contribution in [2.75, 3.05) is 13.7 Å². The van der Waals surface area contributed by atoms with E-state index in [-0.39, 0.29) is 11.6 Å². The van der Waals surface area contributed by atoms with Crippen molar-refractivity contribution in [2.24, 2.45) is 4.99 Å². The van der Waals surface area contributed by atoms with Crippen LogP contribution in [-0.2, 0) is 9.53 Å². The fourth-order valence-corrected chi connectivity index (χ4v) is 2.93. The summed E-state index contributed by atoms with van der Waals surface area (Å²) in [5.74, 6) is 0.646. The number of halogens is 1. The third-order valence-corrected chi connectivity index (χ3v) is 4.29. The number of esters is 1. The average Bonchev–Trinajstić information content (AvgIpc) is 3.00. The standard InChI is InChI=1S/C22H20ClNO4/c1-13(2)12-27-20-17(23)9-15(11-19(20)26-4)10-18-22(25)28-21(24-18)16-8-6-5-7-14(16)3/h5-11H,1,12H2,2-4H3/b18-10-. The van der Waals surface area contributed by atoms with Gasteiger partial charge in [-0.1, -0.05) is 36.4 Å². The molecule has 28 heavy (non-hydrogen) atoms. The summed E-state index contributed by atoms with van der Waals surface area (Å²) < 4.78 is 16.4. The lowest BCUT2D eigenvalue weighted by Crippen LogP contribution is -2.06. The number of nitrogens with zero attached hydrogens (tertiary/aromatic N) is 1. The zero-order valence-electron chi connectivity index (χ0n) is 15.9. The molecule has 0 saturated carbocycles.